The molecule has 0 bridgehead atoms. The number of carbonyl (C=O) groups is 1. The molecule has 0 radical (unpaired) electrons. The lowest BCUT2D eigenvalue weighted by molar-refractivity contribution is -0.142. The second-order valence-corrected chi connectivity index (χ2v) is 4.69. The number of halogens is 3. The minimum Gasteiger partial charge on any atom is -0.479 e. The van der Waals surface area contributed by atoms with Gasteiger partial charge < -0.3 is 10.4 Å². The number of carboxylic acids is 1. The maximum absolute atomic E-state index is 13.9. The van der Waals surface area contributed by atoms with Crippen molar-refractivity contribution in [3.8, 4) is 0 Å². The van der Waals surface area contributed by atoms with Crippen LogP contribution in [-0.4, -0.2) is 11.1 Å². The predicted molar refractivity (Wildman–Crippen MR) is 71.4 cm³/mol. The minimum absolute atomic E-state index is 0.170. The van der Waals surface area contributed by atoms with E-state index in [1.165, 1.54) is 25.1 Å². The molecule has 0 saturated heterocycles. The molecule has 0 heterocycles. The lowest BCUT2D eigenvalue weighted by atomic mass is 9.91. The number of benzene rings is 2. The molecule has 1 unspecified atom stereocenters. The topological polar surface area (TPSA) is 49.3 Å². The third kappa shape index (κ3) is 2.99. The Morgan fingerprint density at radius 3 is 2.33 bits per heavy atom. The van der Waals surface area contributed by atoms with Crippen molar-refractivity contribution >= 4 is 11.7 Å². The van der Waals surface area contributed by atoms with Gasteiger partial charge in [-0.1, -0.05) is 12.1 Å². The van der Waals surface area contributed by atoms with Gasteiger partial charge in [-0.3, -0.25) is 0 Å². The molecule has 2 aromatic rings. The molecular formula is C15H12F3NO2. The van der Waals surface area contributed by atoms with E-state index in [2.05, 4.69) is 5.32 Å². The third-order valence-electron chi connectivity index (χ3n) is 3.12. The minimum atomic E-state index is -1.87. The lowest BCUT2D eigenvalue weighted by Gasteiger charge is -2.28. The molecule has 0 saturated carbocycles. The lowest BCUT2D eigenvalue weighted by Crippen LogP contribution is -2.41. The first-order chi connectivity index (χ1) is 9.83. The number of aliphatic carboxylic acids is 1. The zero-order valence-electron chi connectivity index (χ0n) is 11.0. The van der Waals surface area contributed by atoms with E-state index >= 15 is 0 Å². The van der Waals surface area contributed by atoms with Crippen LogP contribution in [-0.2, 0) is 10.3 Å². The first kappa shape index (κ1) is 14.9. The Hall–Kier alpha value is -2.50. The van der Waals surface area contributed by atoms with Gasteiger partial charge in [0.1, 0.15) is 17.5 Å². The summed E-state index contributed by atoms with van der Waals surface area (Å²) in [5, 5.41) is 12.0. The van der Waals surface area contributed by atoms with Gasteiger partial charge in [0.05, 0.1) is 0 Å². The molecule has 2 rings (SSSR count). The van der Waals surface area contributed by atoms with E-state index in [4.69, 9.17) is 0 Å². The summed E-state index contributed by atoms with van der Waals surface area (Å²) in [5.41, 5.74) is -1.95. The van der Waals surface area contributed by atoms with E-state index in [1.807, 2.05) is 0 Å². The van der Waals surface area contributed by atoms with E-state index in [-0.39, 0.29) is 11.3 Å². The Balaban J connectivity index is 2.48. The average Bonchev–Trinajstić information content (AvgIpc) is 2.38. The monoisotopic (exact) mass is 295 g/mol. The fourth-order valence-electron chi connectivity index (χ4n) is 1.99. The first-order valence-electron chi connectivity index (χ1n) is 6.05. The Labute approximate surface area is 119 Å². The summed E-state index contributed by atoms with van der Waals surface area (Å²) in [6.45, 7) is 1.22. The van der Waals surface area contributed by atoms with Crippen molar-refractivity contribution < 1.29 is 23.1 Å². The summed E-state index contributed by atoms with van der Waals surface area (Å²) in [7, 11) is 0. The molecule has 0 aromatic heterocycles. The SMILES string of the molecule is CC(Nc1cccc(F)c1)(C(=O)O)c1ccc(F)cc1F. The summed E-state index contributed by atoms with van der Waals surface area (Å²) >= 11 is 0. The number of rotatable bonds is 4. The number of hydrogen-bond acceptors (Lipinski definition) is 2. The quantitative estimate of drug-likeness (QED) is 0.907. The second-order valence-electron chi connectivity index (χ2n) is 4.69. The highest BCUT2D eigenvalue weighted by molar-refractivity contribution is 5.84. The Bertz CT molecular complexity index is 690. The molecule has 2 N–H and O–H groups in total. The van der Waals surface area contributed by atoms with Crippen LogP contribution in [0.1, 0.15) is 12.5 Å². The Morgan fingerprint density at radius 1 is 1.10 bits per heavy atom. The number of nitrogens with one attached hydrogen (secondary N) is 1. The van der Waals surface area contributed by atoms with Gasteiger partial charge in [0.2, 0.25) is 0 Å². The molecule has 0 spiro atoms. The molecule has 3 nitrogen and oxygen atoms in total. The fourth-order valence-corrected chi connectivity index (χ4v) is 1.99. The Kier molecular flexibility index (Phi) is 3.88. The van der Waals surface area contributed by atoms with Gasteiger partial charge in [-0.2, -0.15) is 0 Å². The van der Waals surface area contributed by atoms with Crippen molar-refractivity contribution in [3.63, 3.8) is 0 Å². The van der Waals surface area contributed by atoms with Gasteiger partial charge in [-0.15, -0.1) is 0 Å². The van der Waals surface area contributed by atoms with Crippen LogP contribution in [0.4, 0.5) is 18.9 Å². The van der Waals surface area contributed by atoms with E-state index < -0.39 is 29.0 Å². The number of hydrogen-bond donors (Lipinski definition) is 2. The van der Waals surface area contributed by atoms with Crippen LogP contribution in [0.25, 0.3) is 0 Å². The normalized spacial score (nSPS) is 13.5. The summed E-state index contributed by atoms with van der Waals surface area (Å²) in [5.74, 6) is -3.75. The number of anilines is 1. The molecule has 0 aliphatic heterocycles. The van der Waals surface area contributed by atoms with Crippen LogP contribution in [0, 0.1) is 17.5 Å². The first-order valence-corrected chi connectivity index (χ1v) is 6.05. The van der Waals surface area contributed by atoms with Crippen molar-refractivity contribution in [3.05, 3.63) is 65.5 Å². The highest BCUT2D eigenvalue weighted by Crippen LogP contribution is 2.29. The molecule has 2 aromatic carbocycles. The smallest absolute Gasteiger partial charge is 0.333 e. The molecule has 1 atom stereocenters. The van der Waals surface area contributed by atoms with Gasteiger partial charge >= 0.3 is 5.97 Å². The largest absolute Gasteiger partial charge is 0.479 e. The van der Waals surface area contributed by atoms with Gasteiger partial charge in [0.15, 0.2) is 5.54 Å². The van der Waals surface area contributed by atoms with E-state index in [0.717, 1.165) is 18.2 Å². The van der Waals surface area contributed by atoms with Crippen molar-refractivity contribution in [1.82, 2.24) is 0 Å². The van der Waals surface area contributed by atoms with Crippen LogP contribution in [0.15, 0.2) is 42.5 Å². The van der Waals surface area contributed by atoms with Crippen LogP contribution in [0.5, 0.6) is 0 Å². The van der Waals surface area contributed by atoms with Gasteiger partial charge in [-0.05, 0) is 31.2 Å². The van der Waals surface area contributed by atoms with Crippen LogP contribution >= 0.6 is 0 Å². The molecule has 0 amide bonds. The van der Waals surface area contributed by atoms with Crippen molar-refractivity contribution in [2.75, 3.05) is 5.32 Å². The maximum Gasteiger partial charge on any atom is 0.333 e. The highest BCUT2D eigenvalue weighted by Gasteiger charge is 2.37. The summed E-state index contributed by atoms with van der Waals surface area (Å²) in [4.78, 5) is 11.5. The zero-order valence-corrected chi connectivity index (χ0v) is 11.0. The van der Waals surface area contributed by atoms with Crippen molar-refractivity contribution in [2.24, 2.45) is 0 Å². The molecule has 0 aliphatic rings. The van der Waals surface area contributed by atoms with Crippen LogP contribution in [0.2, 0.25) is 0 Å². The van der Waals surface area contributed by atoms with Crippen molar-refractivity contribution in [2.45, 2.75) is 12.5 Å². The molecule has 110 valence electrons. The standard InChI is InChI=1S/C15H12F3NO2/c1-15(14(20)21,12-6-5-10(17)8-13(12)18)19-11-4-2-3-9(16)7-11/h2-8,19H,1H3,(H,20,21). The molecule has 21 heavy (non-hydrogen) atoms. The Morgan fingerprint density at radius 2 is 1.76 bits per heavy atom. The average molecular weight is 295 g/mol. The highest BCUT2D eigenvalue weighted by atomic mass is 19.1. The van der Waals surface area contributed by atoms with Gasteiger partial charge in [0, 0.05) is 17.3 Å². The fraction of sp³-hybridized carbons (Fsp3) is 0.133. The maximum atomic E-state index is 13.9. The zero-order chi connectivity index (χ0) is 15.6. The molecule has 6 heteroatoms. The van der Waals surface area contributed by atoms with Crippen LogP contribution in [0.3, 0.4) is 0 Å². The van der Waals surface area contributed by atoms with Gasteiger partial charge in [-0.25, -0.2) is 18.0 Å². The summed E-state index contributed by atoms with van der Waals surface area (Å²) in [6.07, 6.45) is 0. The third-order valence-corrected chi connectivity index (χ3v) is 3.12. The summed E-state index contributed by atoms with van der Waals surface area (Å²) in [6, 6.07) is 7.73. The molecule has 0 aliphatic carbocycles. The number of carboxylic acid groups (broad SMARTS) is 1. The van der Waals surface area contributed by atoms with Gasteiger partial charge in [0.25, 0.3) is 0 Å². The van der Waals surface area contributed by atoms with E-state index in [9.17, 15) is 23.1 Å². The summed E-state index contributed by atoms with van der Waals surface area (Å²) < 4.78 is 40.0. The molecular weight excluding hydrogens is 283 g/mol. The molecule has 0 fully saturated rings. The predicted octanol–water partition coefficient (Wildman–Crippen LogP) is 3.52. The van der Waals surface area contributed by atoms with E-state index in [1.54, 1.807) is 0 Å². The van der Waals surface area contributed by atoms with Crippen LogP contribution < -0.4 is 5.32 Å². The van der Waals surface area contributed by atoms with E-state index in [0.29, 0.717) is 6.07 Å². The second kappa shape index (κ2) is 5.47. The van der Waals surface area contributed by atoms with Crippen molar-refractivity contribution in [1.29, 1.82) is 0 Å².